The summed E-state index contributed by atoms with van der Waals surface area (Å²) in [6, 6.07) is 11.5. The Morgan fingerprint density at radius 1 is 0.697 bits per heavy atom. The first kappa shape index (κ1) is 54.1. The van der Waals surface area contributed by atoms with Gasteiger partial charge in [0.2, 0.25) is 0 Å². The topological polar surface area (TPSA) is 234 Å². The number of aliphatic hydroxyl groups is 2. The Kier molecular flexibility index (Phi) is 19.5. The van der Waals surface area contributed by atoms with Crippen LogP contribution in [0.4, 0.5) is 31.8 Å². The summed E-state index contributed by atoms with van der Waals surface area (Å²) in [6.07, 6.45) is 7.92. The number of carbonyl (C=O) groups excluding carboxylic acids is 1. The molecule has 8 N–H and O–H groups in total. The number of amides is 1. The molecule has 0 unspecified atom stereocenters. The van der Waals surface area contributed by atoms with E-state index in [0.29, 0.717) is 39.6 Å². The number of anilines is 4. The maximum absolute atomic E-state index is 14.4. The summed E-state index contributed by atoms with van der Waals surface area (Å²) in [5.74, 6) is -1.41. The van der Waals surface area contributed by atoms with Gasteiger partial charge in [-0.2, -0.15) is 0 Å². The molecule has 352 valence electrons. The zero-order valence-corrected chi connectivity index (χ0v) is 38.6. The fourth-order valence-corrected chi connectivity index (χ4v) is 5.94. The Balaban J connectivity index is 0.000000315. The monoisotopic (exact) mass is 948 g/mol. The Morgan fingerprint density at radius 3 is 1.48 bits per heavy atom. The van der Waals surface area contributed by atoms with Gasteiger partial charge in [-0.3, -0.25) is 14.8 Å². The van der Waals surface area contributed by atoms with Gasteiger partial charge in [-0.15, -0.1) is 0 Å². The number of nitrogens with zero attached hydrogens (tertiary/aromatic N) is 6. The van der Waals surface area contributed by atoms with Crippen LogP contribution >= 0.6 is 23.2 Å². The van der Waals surface area contributed by atoms with Gasteiger partial charge >= 0.3 is 5.97 Å². The van der Waals surface area contributed by atoms with E-state index in [4.69, 9.17) is 34.0 Å². The summed E-state index contributed by atoms with van der Waals surface area (Å²) in [4.78, 5) is 49.7. The average molecular weight is 950 g/mol. The van der Waals surface area contributed by atoms with Crippen molar-refractivity contribution >= 4 is 58.1 Å². The van der Waals surface area contributed by atoms with Crippen molar-refractivity contribution in [1.29, 1.82) is 0 Å². The van der Waals surface area contributed by atoms with E-state index in [0.717, 1.165) is 11.1 Å². The van der Waals surface area contributed by atoms with Crippen LogP contribution in [0.2, 0.25) is 10.0 Å². The molecule has 0 fully saturated rings. The van der Waals surface area contributed by atoms with Crippen molar-refractivity contribution in [2.45, 2.75) is 85.9 Å². The fraction of sp³-hybridized carbons (Fsp3) is 0.319. The van der Waals surface area contributed by atoms with E-state index in [1.54, 1.807) is 38.5 Å². The first-order chi connectivity index (χ1) is 30.5. The first-order valence-electron chi connectivity index (χ1n) is 20.2. The lowest BCUT2D eigenvalue weighted by Crippen LogP contribution is -2.31. The summed E-state index contributed by atoms with van der Waals surface area (Å²) >= 11 is 12.0. The summed E-state index contributed by atoms with van der Waals surface area (Å²) in [6.45, 7) is 15.6. The number of carbonyl (C=O) groups is 2. The van der Waals surface area contributed by atoms with Gasteiger partial charge in [0.25, 0.3) is 5.91 Å². The van der Waals surface area contributed by atoms with Crippen LogP contribution in [0.1, 0.15) is 94.7 Å². The molecule has 2 atom stereocenters. The SMILES string of the molecule is C.CC(C)(C)c1cnc(-c2cc(Cl)ccc2F)nc1Nc1ccncc1C(=O)O.C[C@H](O)CN.C[C@H](O)CNC(=O)c1cnccc1Nc1nc(-c2cc(Cl)ccc2F)ncc1C(C)(C)C. The minimum Gasteiger partial charge on any atom is -0.478 e. The van der Waals surface area contributed by atoms with Gasteiger partial charge < -0.3 is 37.0 Å². The van der Waals surface area contributed by atoms with Crippen molar-refractivity contribution in [3.8, 4) is 22.8 Å². The molecule has 0 bridgehead atoms. The second kappa shape index (κ2) is 23.8. The third kappa shape index (κ3) is 15.2. The van der Waals surface area contributed by atoms with Crippen LogP contribution in [0.25, 0.3) is 22.8 Å². The van der Waals surface area contributed by atoms with Crippen LogP contribution < -0.4 is 21.7 Å². The number of pyridine rings is 2. The lowest BCUT2D eigenvalue weighted by molar-refractivity contribution is 0.0697. The molecule has 0 aliphatic rings. The number of hydrogen-bond acceptors (Lipinski definition) is 13. The van der Waals surface area contributed by atoms with E-state index in [2.05, 4.69) is 45.9 Å². The molecule has 0 aliphatic heterocycles. The number of aliphatic hydroxyl groups excluding tert-OH is 2. The maximum atomic E-state index is 14.4. The van der Waals surface area contributed by atoms with E-state index in [-0.39, 0.29) is 64.8 Å². The summed E-state index contributed by atoms with van der Waals surface area (Å²) in [5.41, 5.74) is 7.15. The van der Waals surface area contributed by atoms with Crippen LogP contribution in [0.5, 0.6) is 0 Å². The van der Waals surface area contributed by atoms with Gasteiger partial charge in [-0.1, -0.05) is 72.2 Å². The molecule has 0 saturated heterocycles. The number of nitrogens with one attached hydrogen (secondary N) is 3. The van der Waals surface area contributed by atoms with E-state index in [1.807, 2.05) is 41.5 Å². The van der Waals surface area contributed by atoms with Crippen LogP contribution in [0.15, 0.2) is 85.7 Å². The lowest BCUT2D eigenvalue weighted by Gasteiger charge is -2.23. The standard InChI is InChI=1S/C23H25ClFN5O2.C20H18ClFN4O2.C3H9NO.CH4/c1-13(31)10-28-22(32)16-11-26-8-7-19(16)29-21-17(23(2,3)4)12-27-20(30-21)15-9-14(24)5-6-18(15)25;1-20(2,3)14-10-24-17(12-8-11(21)4-5-15(12)22)26-18(14)25-16-6-7-23-9-13(16)19(27)28;1-3(5)2-4;/h5-9,11-13,31H,10H2,1-4H3,(H,28,32)(H,26,27,29,30);4-10H,1-3H3,(H,27,28)(H,23,24,25,26);3,5H,2,4H2,1H3;1H4/t13-;;3-;/m0.0./s1. The van der Waals surface area contributed by atoms with Gasteiger partial charge in [-0.05, 0) is 73.2 Å². The average Bonchev–Trinajstić information content (AvgIpc) is 3.24. The molecule has 19 heteroatoms. The molecule has 6 aromatic rings. The van der Waals surface area contributed by atoms with Crippen molar-refractivity contribution in [3.63, 3.8) is 0 Å². The quantitative estimate of drug-likeness (QED) is 0.0641. The first-order valence-corrected chi connectivity index (χ1v) is 20.9. The second-order valence-corrected chi connectivity index (χ2v) is 17.6. The van der Waals surface area contributed by atoms with E-state index >= 15 is 0 Å². The van der Waals surface area contributed by atoms with E-state index in [1.165, 1.54) is 61.1 Å². The number of hydrogen-bond donors (Lipinski definition) is 7. The molecular weight excluding hydrogens is 893 g/mol. The highest BCUT2D eigenvalue weighted by molar-refractivity contribution is 6.31. The predicted octanol–water partition coefficient (Wildman–Crippen LogP) is 9.52. The van der Waals surface area contributed by atoms with Gasteiger partial charge in [0.15, 0.2) is 11.6 Å². The van der Waals surface area contributed by atoms with Crippen molar-refractivity contribution < 1.29 is 33.7 Å². The number of aromatic nitrogens is 6. The van der Waals surface area contributed by atoms with Crippen LogP contribution in [-0.4, -0.2) is 82.4 Å². The molecular formula is C47H56Cl2F2N10O5. The molecule has 2 aromatic carbocycles. The Labute approximate surface area is 393 Å². The number of aromatic carboxylic acids is 1. The highest BCUT2D eigenvalue weighted by atomic mass is 35.5. The Morgan fingerprint density at radius 2 is 1.11 bits per heavy atom. The van der Waals surface area contributed by atoms with Crippen LogP contribution in [-0.2, 0) is 10.8 Å². The molecule has 0 saturated carbocycles. The third-order valence-electron chi connectivity index (χ3n) is 9.05. The van der Waals surface area contributed by atoms with Gasteiger partial charge in [0.05, 0.1) is 40.3 Å². The van der Waals surface area contributed by atoms with Gasteiger partial charge in [-0.25, -0.2) is 33.5 Å². The van der Waals surface area contributed by atoms with E-state index < -0.39 is 29.6 Å². The highest BCUT2D eigenvalue weighted by Gasteiger charge is 2.25. The van der Waals surface area contributed by atoms with Crippen molar-refractivity contribution in [1.82, 2.24) is 35.2 Å². The van der Waals surface area contributed by atoms with E-state index in [9.17, 15) is 28.6 Å². The van der Waals surface area contributed by atoms with Crippen molar-refractivity contribution in [2.75, 3.05) is 23.7 Å². The molecule has 66 heavy (non-hydrogen) atoms. The van der Waals surface area contributed by atoms with Gasteiger partial charge in [0.1, 0.15) is 28.8 Å². The summed E-state index contributed by atoms with van der Waals surface area (Å²) < 4.78 is 28.7. The Hall–Kier alpha value is -6.24. The molecule has 0 radical (unpaired) electrons. The Bertz CT molecular complexity index is 2610. The largest absolute Gasteiger partial charge is 0.478 e. The fourth-order valence-electron chi connectivity index (χ4n) is 5.60. The number of carboxylic acid groups (broad SMARTS) is 1. The maximum Gasteiger partial charge on any atom is 0.339 e. The minimum atomic E-state index is -1.12. The summed E-state index contributed by atoms with van der Waals surface area (Å²) in [7, 11) is 0. The molecule has 1 amide bonds. The smallest absolute Gasteiger partial charge is 0.339 e. The molecule has 4 aromatic heterocycles. The normalized spacial score (nSPS) is 11.9. The molecule has 4 heterocycles. The highest BCUT2D eigenvalue weighted by Crippen LogP contribution is 2.35. The van der Waals surface area contributed by atoms with Crippen LogP contribution in [0, 0.1) is 11.6 Å². The molecule has 6 rings (SSSR count). The van der Waals surface area contributed by atoms with Crippen LogP contribution in [0.3, 0.4) is 0 Å². The predicted molar refractivity (Wildman–Crippen MR) is 256 cm³/mol. The van der Waals surface area contributed by atoms with Gasteiger partial charge in [0, 0.05) is 71.4 Å². The lowest BCUT2D eigenvalue weighted by atomic mass is 9.88. The minimum absolute atomic E-state index is 0. The number of carboxylic acids is 1. The molecule has 15 nitrogen and oxygen atoms in total. The number of benzene rings is 2. The third-order valence-corrected chi connectivity index (χ3v) is 9.52. The van der Waals surface area contributed by atoms with Crippen molar-refractivity contribution in [3.05, 3.63) is 130 Å². The molecule has 0 spiro atoms. The zero-order valence-electron chi connectivity index (χ0n) is 37.1. The zero-order chi connectivity index (χ0) is 48.2. The second-order valence-electron chi connectivity index (χ2n) is 16.7. The van der Waals surface area contributed by atoms with Crippen molar-refractivity contribution in [2.24, 2.45) is 5.73 Å². The molecule has 0 aliphatic carbocycles. The number of rotatable bonds is 11. The summed E-state index contributed by atoms with van der Waals surface area (Å²) in [5, 5.41) is 36.7. The number of halogens is 4. The number of nitrogens with two attached hydrogens (primary N) is 1.